The molecule has 6 nitrogen and oxygen atoms in total. The van der Waals surface area contributed by atoms with Gasteiger partial charge in [0.05, 0.1) is 16.9 Å². The molecule has 146 valence electrons. The molecule has 0 saturated carbocycles. The molecule has 1 aromatic heterocycles. The lowest BCUT2D eigenvalue weighted by molar-refractivity contribution is 0.0702. The number of sulfonamides is 1. The molecular weight excluding hydrogens is 384 g/mol. The smallest absolute Gasteiger partial charge is 0.264 e. The number of aryl methyl sites for hydroxylation is 2. The molecule has 0 atom stereocenters. The predicted molar refractivity (Wildman–Crippen MR) is 106 cm³/mol. The van der Waals surface area contributed by atoms with E-state index in [1.54, 1.807) is 29.2 Å². The Morgan fingerprint density at radius 2 is 1.78 bits per heavy atom. The Kier molecular flexibility index (Phi) is 5.88. The van der Waals surface area contributed by atoms with E-state index in [-0.39, 0.29) is 10.8 Å². The number of amides is 1. The topological polar surface area (TPSA) is 66.9 Å². The number of ether oxygens (including phenoxy) is 1. The molecule has 1 saturated heterocycles. The second kappa shape index (κ2) is 8.00. The number of piperazine rings is 1. The molecule has 0 unspecified atom stereocenters. The van der Waals surface area contributed by atoms with Gasteiger partial charge in [-0.1, -0.05) is 6.92 Å². The number of hydrogen-bond donors (Lipinski definition) is 0. The first-order valence-electron chi connectivity index (χ1n) is 8.89. The highest BCUT2D eigenvalue weighted by Gasteiger charge is 2.31. The van der Waals surface area contributed by atoms with E-state index in [0.717, 1.165) is 11.3 Å². The van der Waals surface area contributed by atoms with Gasteiger partial charge in [0.2, 0.25) is 10.0 Å². The number of rotatable bonds is 5. The van der Waals surface area contributed by atoms with Crippen LogP contribution in [0.3, 0.4) is 0 Å². The Morgan fingerprint density at radius 3 is 2.30 bits per heavy atom. The first kappa shape index (κ1) is 19.9. The summed E-state index contributed by atoms with van der Waals surface area (Å²) >= 11 is 1.51. The Balaban J connectivity index is 1.67. The number of benzene rings is 1. The van der Waals surface area contributed by atoms with Crippen LogP contribution in [0, 0.1) is 6.92 Å². The van der Waals surface area contributed by atoms with Crippen LogP contribution in [0.4, 0.5) is 0 Å². The Hall–Kier alpha value is -1.90. The number of nitrogens with zero attached hydrogens (tertiary/aromatic N) is 2. The van der Waals surface area contributed by atoms with Gasteiger partial charge in [-0.3, -0.25) is 4.79 Å². The van der Waals surface area contributed by atoms with Crippen molar-refractivity contribution in [3.63, 3.8) is 0 Å². The van der Waals surface area contributed by atoms with Crippen molar-refractivity contribution in [2.24, 2.45) is 0 Å². The molecule has 1 aliphatic rings. The summed E-state index contributed by atoms with van der Waals surface area (Å²) < 4.78 is 32.1. The summed E-state index contributed by atoms with van der Waals surface area (Å²) in [4.78, 5) is 16.6. The first-order chi connectivity index (χ1) is 12.9. The lowest BCUT2D eigenvalue weighted by Gasteiger charge is -2.33. The lowest BCUT2D eigenvalue weighted by Crippen LogP contribution is -2.50. The third-order valence-electron chi connectivity index (χ3n) is 4.84. The maximum absolute atomic E-state index is 12.8. The maximum Gasteiger partial charge on any atom is 0.264 e. The minimum atomic E-state index is -3.56. The number of methoxy groups -OCH3 is 1. The number of hydrogen-bond acceptors (Lipinski definition) is 5. The standard InChI is InChI=1S/C19H24N2O4S2/c1-4-15-13-18(26-14(15)2)19(22)20-9-11-21(12-10-20)27(23,24)17-7-5-16(25-3)6-8-17/h5-8,13H,4,9-12H2,1-3H3. The third kappa shape index (κ3) is 4.02. The summed E-state index contributed by atoms with van der Waals surface area (Å²) in [6.07, 6.45) is 0.906. The van der Waals surface area contributed by atoms with E-state index in [4.69, 9.17) is 4.74 Å². The van der Waals surface area contributed by atoms with Crippen LogP contribution in [0.5, 0.6) is 5.75 Å². The quantitative estimate of drug-likeness (QED) is 0.763. The average Bonchev–Trinajstić information content (AvgIpc) is 3.08. The van der Waals surface area contributed by atoms with Gasteiger partial charge < -0.3 is 9.64 Å². The van der Waals surface area contributed by atoms with Gasteiger partial charge >= 0.3 is 0 Å². The highest BCUT2D eigenvalue weighted by atomic mass is 32.2. The molecule has 3 rings (SSSR count). The molecule has 8 heteroatoms. The molecule has 2 aromatic rings. The van der Waals surface area contributed by atoms with Crippen LogP contribution in [0.15, 0.2) is 35.2 Å². The molecule has 1 aromatic carbocycles. The van der Waals surface area contributed by atoms with Crippen LogP contribution in [-0.2, 0) is 16.4 Å². The Morgan fingerprint density at radius 1 is 1.15 bits per heavy atom. The van der Waals surface area contributed by atoms with Gasteiger partial charge in [0.15, 0.2) is 0 Å². The van der Waals surface area contributed by atoms with E-state index in [2.05, 4.69) is 6.92 Å². The fourth-order valence-electron chi connectivity index (χ4n) is 3.16. The van der Waals surface area contributed by atoms with Crippen molar-refractivity contribution < 1.29 is 17.9 Å². The van der Waals surface area contributed by atoms with E-state index < -0.39 is 10.0 Å². The number of carbonyl (C=O) groups is 1. The van der Waals surface area contributed by atoms with Crippen molar-refractivity contribution >= 4 is 27.3 Å². The lowest BCUT2D eigenvalue weighted by atomic mass is 10.2. The molecule has 1 fully saturated rings. The highest BCUT2D eigenvalue weighted by Crippen LogP contribution is 2.25. The SMILES string of the molecule is CCc1cc(C(=O)N2CCN(S(=O)(=O)c3ccc(OC)cc3)CC2)sc1C. The van der Waals surface area contributed by atoms with Crippen LogP contribution in [0.2, 0.25) is 0 Å². The van der Waals surface area contributed by atoms with Gasteiger partial charge in [-0.25, -0.2) is 8.42 Å². The molecule has 0 aliphatic carbocycles. The summed E-state index contributed by atoms with van der Waals surface area (Å²) in [7, 11) is -2.02. The molecular formula is C19H24N2O4S2. The number of carbonyl (C=O) groups excluding carboxylic acids is 1. The van der Waals surface area contributed by atoms with Crippen molar-refractivity contribution in [3.8, 4) is 5.75 Å². The molecule has 0 radical (unpaired) electrons. The fraction of sp³-hybridized carbons (Fsp3) is 0.421. The third-order valence-corrected chi connectivity index (χ3v) is 7.83. The normalized spacial score (nSPS) is 15.7. The van der Waals surface area contributed by atoms with E-state index in [1.165, 1.54) is 33.2 Å². The minimum absolute atomic E-state index is 0.00991. The molecule has 0 bridgehead atoms. The Labute approximate surface area is 164 Å². The van der Waals surface area contributed by atoms with E-state index in [0.29, 0.717) is 31.9 Å². The summed E-state index contributed by atoms with van der Waals surface area (Å²) in [6.45, 7) is 5.49. The van der Waals surface area contributed by atoms with Crippen LogP contribution in [0.1, 0.15) is 27.0 Å². The van der Waals surface area contributed by atoms with Crippen molar-refractivity contribution in [2.45, 2.75) is 25.2 Å². The average molecular weight is 409 g/mol. The summed E-state index contributed by atoms with van der Waals surface area (Å²) in [6, 6.07) is 8.33. The van der Waals surface area contributed by atoms with E-state index in [1.807, 2.05) is 13.0 Å². The molecule has 2 heterocycles. The number of thiophene rings is 1. The van der Waals surface area contributed by atoms with Crippen LogP contribution < -0.4 is 4.74 Å². The van der Waals surface area contributed by atoms with Gasteiger partial charge in [0, 0.05) is 31.1 Å². The van der Waals surface area contributed by atoms with E-state index >= 15 is 0 Å². The van der Waals surface area contributed by atoms with Crippen molar-refractivity contribution in [1.29, 1.82) is 0 Å². The van der Waals surface area contributed by atoms with Gasteiger partial charge in [-0.2, -0.15) is 4.31 Å². The zero-order valence-corrected chi connectivity index (χ0v) is 17.4. The van der Waals surface area contributed by atoms with Crippen molar-refractivity contribution in [2.75, 3.05) is 33.3 Å². The zero-order valence-electron chi connectivity index (χ0n) is 15.8. The second-order valence-electron chi connectivity index (χ2n) is 6.42. The van der Waals surface area contributed by atoms with Crippen molar-refractivity contribution in [1.82, 2.24) is 9.21 Å². The van der Waals surface area contributed by atoms with Gasteiger partial charge in [-0.15, -0.1) is 11.3 Å². The summed E-state index contributed by atoms with van der Waals surface area (Å²) in [5.74, 6) is 0.603. The largest absolute Gasteiger partial charge is 0.497 e. The van der Waals surface area contributed by atoms with E-state index in [9.17, 15) is 13.2 Å². The fourth-order valence-corrected chi connectivity index (χ4v) is 5.66. The molecule has 1 amide bonds. The second-order valence-corrected chi connectivity index (χ2v) is 9.61. The summed E-state index contributed by atoms with van der Waals surface area (Å²) in [5.41, 5.74) is 1.20. The monoisotopic (exact) mass is 408 g/mol. The van der Waals surface area contributed by atoms with Gasteiger partial charge in [-0.05, 0) is 49.2 Å². The first-order valence-corrected chi connectivity index (χ1v) is 11.1. The highest BCUT2D eigenvalue weighted by molar-refractivity contribution is 7.89. The predicted octanol–water partition coefficient (Wildman–Crippen LogP) is 2.77. The molecule has 0 N–H and O–H groups in total. The molecule has 27 heavy (non-hydrogen) atoms. The van der Waals surface area contributed by atoms with Crippen LogP contribution in [-0.4, -0.2) is 56.8 Å². The molecule has 1 aliphatic heterocycles. The van der Waals surface area contributed by atoms with Crippen LogP contribution >= 0.6 is 11.3 Å². The van der Waals surface area contributed by atoms with Gasteiger partial charge in [0.25, 0.3) is 5.91 Å². The summed E-state index contributed by atoms with van der Waals surface area (Å²) in [5, 5.41) is 0. The van der Waals surface area contributed by atoms with Gasteiger partial charge in [0.1, 0.15) is 5.75 Å². The maximum atomic E-state index is 12.8. The molecule has 0 spiro atoms. The minimum Gasteiger partial charge on any atom is -0.497 e. The van der Waals surface area contributed by atoms with Crippen LogP contribution in [0.25, 0.3) is 0 Å². The van der Waals surface area contributed by atoms with Crippen molar-refractivity contribution in [3.05, 3.63) is 45.6 Å². The Bertz CT molecular complexity index is 912. The zero-order chi connectivity index (χ0) is 19.6.